The van der Waals surface area contributed by atoms with E-state index in [0.717, 1.165) is 12.1 Å². The summed E-state index contributed by atoms with van der Waals surface area (Å²) in [4.78, 5) is 10.5. The molecule has 0 amide bonds. The molecule has 1 atom stereocenters. The molecule has 0 saturated heterocycles. The summed E-state index contributed by atoms with van der Waals surface area (Å²) in [6.07, 6.45) is -3.87. The van der Waals surface area contributed by atoms with E-state index in [1.807, 2.05) is 0 Å². The lowest BCUT2D eigenvalue weighted by molar-refractivity contribution is -0.137. The van der Waals surface area contributed by atoms with E-state index in [1.165, 1.54) is 13.0 Å². The molecule has 1 nitrogen and oxygen atoms in total. The number of alkyl halides is 3. The van der Waals surface area contributed by atoms with Crippen LogP contribution in [0, 0.1) is 0 Å². The Bertz CT molecular complexity index is 373. The van der Waals surface area contributed by atoms with Crippen molar-refractivity contribution in [1.29, 1.82) is 0 Å². The van der Waals surface area contributed by atoms with Crippen molar-refractivity contribution >= 4 is 17.9 Å². The molecule has 15 heavy (non-hydrogen) atoms. The topological polar surface area (TPSA) is 17.1 Å². The predicted octanol–water partition coefficient (Wildman–Crippen LogP) is 3.66. The van der Waals surface area contributed by atoms with E-state index >= 15 is 0 Å². The average Bonchev–Trinajstić information content (AvgIpc) is 2.14. The molecule has 5 heteroatoms. The lowest BCUT2D eigenvalue weighted by atomic mass is 10.0. The Balaban J connectivity index is 3.22. The zero-order valence-corrected chi connectivity index (χ0v) is 8.56. The molecule has 0 N–H and O–H groups in total. The predicted molar refractivity (Wildman–Crippen MR) is 50.9 cm³/mol. The summed E-state index contributed by atoms with van der Waals surface area (Å²) in [6, 6.07) is 3.13. The van der Waals surface area contributed by atoms with E-state index in [9.17, 15) is 18.0 Å². The van der Waals surface area contributed by atoms with E-state index in [1.54, 1.807) is 0 Å². The third-order valence-corrected chi connectivity index (χ3v) is 2.20. The van der Waals surface area contributed by atoms with Crippen LogP contribution in [-0.2, 0) is 11.0 Å². The number of hydrogen-bond acceptors (Lipinski definition) is 1. The van der Waals surface area contributed by atoms with Crippen molar-refractivity contribution in [2.24, 2.45) is 0 Å². The summed E-state index contributed by atoms with van der Waals surface area (Å²) < 4.78 is 37.1. The second kappa shape index (κ2) is 4.23. The highest BCUT2D eigenvalue weighted by molar-refractivity contribution is 6.30. The van der Waals surface area contributed by atoms with Gasteiger partial charge in [0.25, 0.3) is 0 Å². The fourth-order valence-corrected chi connectivity index (χ4v) is 1.36. The van der Waals surface area contributed by atoms with Crippen LogP contribution in [0.2, 0.25) is 5.02 Å². The average molecular weight is 237 g/mol. The van der Waals surface area contributed by atoms with Gasteiger partial charge in [0, 0.05) is 10.9 Å². The highest BCUT2D eigenvalue weighted by Crippen LogP contribution is 2.33. The van der Waals surface area contributed by atoms with Crippen molar-refractivity contribution in [2.75, 3.05) is 0 Å². The molecule has 0 radical (unpaired) electrons. The van der Waals surface area contributed by atoms with Crippen molar-refractivity contribution in [3.05, 3.63) is 34.3 Å². The van der Waals surface area contributed by atoms with Gasteiger partial charge in [-0.3, -0.25) is 0 Å². The van der Waals surface area contributed by atoms with Gasteiger partial charge in [0.1, 0.15) is 6.29 Å². The maximum absolute atomic E-state index is 12.4. The van der Waals surface area contributed by atoms with Gasteiger partial charge >= 0.3 is 6.18 Å². The first-order valence-corrected chi connectivity index (χ1v) is 4.55. The normalized spacial score (nSPS) is 13.7. The maximum atomic E-state index is 12.4. The van der Waals surface area contributed by atoms with Gasteiger partial charge in [-0.1, -0.05) is 18.5 Å². The van der Waals surface area contributed by atoms with Crippen molar-refractivity contribution in [3.8, 4) is 0 Å². The summed E-state index contributed by atoms with van der Waals surface area (Å²) in [7, 11) is 0. The summed E-state index contributed by atoms with van der Waals surface area (Å²) in [5, 5.41) is -0.0199. The van der Waals surface area contributed by atoms with Gasteiger partial charge in [0.15, 0.2) is 0 Å². The monoisotopic (exact) mass is 236 g/mol. The molecular formula is C10H8ClF3O. The van der Waals surface area contributed by atoms with E-state index in [0.29, 0.717) is 6.29 Å². The van der Waals surface area contributed by atoms with Crippen LogP contribution in [-0.4, -0.2) is 6.29 Å². The molecule has 1 aromatic rings. The third-order valence-electron chi connectivity index (χ3n) is 1.98. The fourth-order valence-electron chi connectivity index (χ4n) is 1.12. The minimum atomic E-state index is -4.44. The Morgan fingerprint density at radius 2 is 1.93 bits per heavy atom. The number of carbonyl (C=O) groups is 1. The van der Waals surface area contributed by atoms with Gasteiger partial charge in [-0.15, -0.1) is 0 Å². The Labute approximate surface area is 89.9 Å². The van der Waals surface area contributed by atoms with Gasteiger partial charge in [-0.25, -0.2) is 0 Å². The molecule has 1 aromatic carbocycles. The van der Waals surface area contributed by atoms with Crippen molar-refractivity contribution < 1.29 is 18.0 Å². The van der Waals surface area contributed by atoms with Crippen LogP contribution in [0.5, 0.6) is 0 Å². The minimum Gasteiger partial charge on any atom is -0.303 e. The van der Waals surface area contributed by atoms with Crippen molar-refractivity contribution in [1.82, 2.24) is 0 Å². The van der Waals surface area contributed by atoms with Crippen LogP contribution in [0.4, 0.5) is 13.2 Å². The molecule has 1 unspecified atom stereocenters. The Hall–Kier alpha value is -1.03. The van der Waals surface area contributed by atoms with Crippen LogP contribution >= 0.6 is 11.6 Å². The van der Waals surface area contributed by atoms with Crippen LogP contribution in [0.25, 0.3) is 0 Å². The van der Waals surface area contributed by atoms with E-state index < -0.39 is 17.7 Å². The zero-order chi connectivity index (χ0) is 11.6. The van der Waals surface area contributed by atoms with Gasteiger partial charge in [0.05, 0.1) is 5.56 Å². The number of rotatable bonds is 2. The standard InChI is InChI=1S/C10H8ClF3O/c1-6(5-15)7-2-8(10(12,13)14)4-9(11)3-7/h2-6H,1H3. The van der Waals surface area contributed by atoms with Crippen LogP contribution in [0.3, 0.4) is 0 Å². The SMILES string of the molecule is CC(C=O)c1cc(Cl)cc(C(F)(F)F)c1. The molecular weight excluding hydrogens is 229 g/mol. The van der Waals surface area contributed by atoms with Crippen molar-refractivity contribution in [3.63, 3.8) is 0 Å². The Morgan fingerprint density at radius 1 is 1.33 bits per heavy atom. The summed E-state index contributed by atoms with van der Waals surface area (Å²) in [5.41, 5.74) is -0.566. The fraction of sp³-hybridized carbons (Fsp3) is 0.300. The molecule has 0 spiro atoms. The maximum Gasteiger partial charge on any atom is 0.416 e. The number of halogens is 4. The number of benzene rings is 1. The second-order valence-corrected chi connectivity index (χ2v) is 3.63. The second-order valence-electron chi connectivity index (χ2n) is 3.20. The summed E-state index contributed by atoms with van der Waals surface area (Å²) in [5.74, 6) is -0.593. The van der Waals surface area contributed by atoms with Gasteiger partial charge in [-0.05, 0) is 23.8 Å². The Kier molecular flexibility index (Phi) is 3.39. The number of aldehydes is 1. The van der Waals surface area contributed by atoms with E-state index in [4.69, 9.17) is 11.6 Å². The smallest absolute Gasteiger partial charge is 0.303 e. The van der Waals surface area contributed by atoms with Gasteiger partial charge in [0.2, 0.25) is 0 Å². The van der Waals surface area contributed by atoms with Gasteiger partial charge in [-0.2, -0.15) is 13.2 Å². The van der Waals surface area contributed by atoms with Crippen LogP contribution < -0.4 is 0 Å². The van der Waals surface area contributed by atoms with E-state index in [2.05, 4.69) is 0 Å². The number of hydrogen-bond donors (Lipinski definition) is 0. The quantitative estimate of drug-likeness (QED) is 0.716. The van der Waals surface area contributed by atoms with Gasteiger partial charge < -0.3 is 4.79 Å². The molecule has 0 fully saturated rings. The highest BCUT2D eigenvalue weighted by atomic mass is 35.5. The highest BCUT2D eigenvalue weighted by Gasteiger charge is 2.31. The molecule has 0 aromatic heterocycles. The summed E-state index contributed by atoms with van der Waals surface area (Å²) in [6.45, 7) is 1.51. The lowest BCUT2D eigenvalue weighted by Crippen LogP contribution is -2.06. The largest absolute Gasteiger partial charge is 0.416 e. The molecule has 0 aliphatic heterocycles. The Morgan fingerprint density at radius 3 is 2.40 bits per heavy atom. The molecule has 0 aliphatic carbocycles. The first-order valence-electron chi connectivity index (χ1n) is 4.17. The third kappa shape index (κ3) is 2.96. The van der Waals surface area contributed by atoms with E-state index in [-0.39, 0.29) is 10.6 Å². The first kappa shape index (κ1) is 12.0. The minimum absolute atomic E-state index is 0.0199. The van der Waals surface area contributed by atoms with Crippen LogP contribution in [0.15, 0.2) is 18.2 Å². The molecule has 0 bridgehead atoms. The number of carbonyl (C=O) groups excluding carboxylic acids is 1. The lowest BCUT2D eigenvalue weighted by Gasteiger charge is -2.11. The summed E-state index contributed by atoms with van der Waals surface area (Å²) >= 11 is 5.54. The molecule has 1 rings (SSSR count). The first-order chi connectivity index (χ1) is 6.84. The molecule has 82 valence electrons. The molecule has 0 saturated carbocycles. The zero-order valence-electron chi connectivity index (χ0n) is 7.81. The molecule has 0 aliphatic rings. The van der Waals surface area contributed by atoms with Crippen LogP contribution in [0.1, 0.15) is 24.0 Å². The molecule has 0 heterocycles. The van der Waals surface area contributed by atoms with Crippen molar-refractivity contribution in [2.45, 2.75) is 19.0 Å².